The first-order chi connectivity index (χ1) is 7.86. The molecule has 2 nitrogen and oxygen atoms in total. The van der Waals surface area contributed by atoms with E-state index in [9.17, 15) is 5.11 Å². The minimum Gasteiger partial charge on any atom is -0.493 e. The highest BCUT2D eigenvalue weighted by atomic mass is 16.3. The molecule has 0 radical (unpaired) electrons. The monoisotopic (exact) mass is 229 g/mol. The van der Waals surface area contributed by atoms with Gasteiger partial charge in [-0.15, -0.1) is 0 Å². The summed E-state index contributed by atoms with van der Waals surface area (Å²) in [5, 5.41) is 12.2. The smallest absolute Gasteiger partial charge is 0.219 e. The van der Waals surface area contributed by atoms with Crippen LogP contribution < -0.4 is 0 Å². The van der Waals surface area contributed by atoms with Gasteiger partial charge in [0.05, 0.1) is 0 Å². The van der Waals surface area contributed by atoms with E-state index in [1.165, 1.54) is 22.3 Å². The minimum atomic E-state index is 0.159. The third-order valence-electron chi connectivity index (χ3n) is 4.10. The Hall–Kier alpha value is -1.57. The standard InChI is InChI=1S/C15H19NO/c1-7-8(2)10(4)14-13(9(7)3)11(5)12(6)16-15(14)17/h1-6H3,(H,16,17). The van der Waals surface area contributed by atoms with Gasteiger partial charge in [-0.25, -0.2) is 4.98 Å². The minimum absolute atomic E-state index is 0.159. The second-order valence-electron chi connectivity index (χ2n) is 4.90. The Morgan fingerprint density at radius 3 is 1.65 bits per heavy atom. The Balaban J connectivity index is 3.17. The molecule has 0 amide bonds. The van der Waals surface area contributed by atoms with Gasteiger partial charge in [0.25, 0.3) is 0 Å². The van der Waals surface area contributed by atoms with Gasteiger partial charge in [-0.05, 0) is 74.7 Å². The Morgan fingerprint density at radius 1 is 0.647 bits per heavy atom. The van der Waals surface area contributed by atoms with E-state index in [-0.39, 0.29) is 5.88 Å². The van der Waals surface area contributed by atoms with Gasteiger partial charge in [-0.1, -0.05) is 0 Å². The predicted molar refractivity (Wildman–Crippen MR) is 71.8 cm³/mol. The molecule has 0 bridgehead atoms. The molecule has 90 valence electrons. The van der Waals surface area contributed by atoms with Crippen LogP contribution in [0.2, 0.25) is 0 Å². The highest BCUT2D eigenvalue weighted by Crippen LogP contribution is 2.36. The number of pyridine rings is 1. The molecule has 1 N–H and O–H groups in total. The van der Waals surface area contributed by atoms with Crippen LogP contribution in [0.25, 0.3) is 10.8 Å². The van der Waals surface area contributed by atoms with E-state index in [0.29, 0.717) is 0 Å². The molecule has 0 spiro atoms. The molecule has 2 aromatic rings. The lowest BCUT2D eigenvalue weighted by Gasteiger charge is -2.17. The highest BCUT2D eigenvalue weighted by Gasteiger charge is 2.16. The molecule has 1 aromatic carbocycles. The van der Waals surface area contributed by atoms with Crippen molar-refractivity contribution in [2.75, 3.05) is 0 Å². The SMILES string of the molecule is Cc1nc(O)c2c(C)c(C)c(C)c(C)c2c1C. The van der Waals surface area contributed by atoms with Crippen LogP contribution in [-0.4, -0.2) is 10.1 Å². The maximum absolute atomic E-state index is 10.1. The van der Waals surface area contributed by atoms with E-state index in [0.717, 1.165) is 22.0 Å². The number of rotatable bonds is 0. The molecular weight excluding hydrogens is 210 g/mol. The molecule has 0 atom stereocenters. The number of aryl methyl sites for hydroxylation is 4. The Labute approximate surface area is 102 Å². The maximum Gasteiger partial charge on any atom is 0.219 e. The number of fused-ring (bicyclic) bond motifs is 1. The van der Waals surface area contributed by atoms with Gasteiger partial charge in [0.1, 0.15) is 0 Å². The Kier molecular flexibility index (Phi) is 2.61. The van der Waals surface area contributed by atoms with E-state index in [1.807, 2.05) is 6.92 Å². The molecule has 0 unspecified atom stereocenters. The fraction of sp³-hybridized carbons (Fsp3) is 0.400. The second-order valence-corrected chi connectivity index (χ2v) is 4.90. The number of hydrogen-bond acceptors (Lipinski definition) is 2. The quantitative estimate of drug-likeness (QED) is 0.745. The number of aromatic hydroxyl groups is 1. The molecule has 17 heavy (non-hydrogen) atoms. The molecule has 2 heteroatoms. The van der Waals surface area contributed by atoms with Crippen LogP contribution in [-0.2, 0) is 0 Å². The van der Waals surface area contributed by atoms with Crippen LogP contribution in [0.1, 0.15) is 33.5 Å². The molecule has 0 saturated heterocycles. The van der Waals surface area contributed by atoms with E-state index >= 15 is 0 Å². The summed E-state index contributed by atoms with van der Waals surface area (Å²) in [6.45, 7) is 12.4. The van der Waals surface area contributed by atoms with Gasteiger partial charge in [-0.2, -0.15) is 0 Å². The normalized spacial score (nSPS) is 11.2. The maximum atomic E-state index is 10.1. The molecule has 0 saturated carbocycles. The van der Waals surface area contributed by atoms with Gasteiger partial charge in [0.2, 0.25) is 5.88 Å². The van der Waals surface area contributed by atoms with Gasteiger partial charge in [-0.3, -0.25) is 0 Å². The van der Waals surface area contributed by atoms with E-state index in [2.05, 4.69) is 39.6 Å². The van der Waals surface area contributed by atoms with Crippen molar-refractivity contribution in [3.8, 4) is 5.88 Å². The number of aromatic nitrogens is 1. The zero-order chi connectivity index (χ0) is 12.9. The van der Waals surface area contributed by atoms with Crippen LogP contribution in [0.5, 0.6) is 5.88 Å². The lowest BCUT2D eigenvalue weighted by atomic mass is 9.90. The third kappa shape index (κ3) is 1.51. The predicted octanol–water partition coefficient (Wildman–Crippen LogP) is 3.79. The van der Waals surface area contributed by atoms with Crippen molar-refractivity contribution < 1.29 is 5.11 Å². The average Bonchev–Trinajstić information content (AvgIpc) is 2.28. The first-order valence-electron chi connectivity index (χ1n) is 5.92. The van der Waals surface area contributed by atoms with Crippen LogP contribution in [0.15, 0.2) is 0 Å². The molecule has 0 aliphatic rings. The van der Waals surface area contributed by atoms with Gasteiger partial charge < -0.3 is 5.11 Å². The van der Waals surface area contributed by atoms with E-state index in [1.54, 1.807) is 0 Å². The van der Waals surface area contributed by atoms with Crippen molar-refractivity contribution in [1.82, 2.24) is 4.98 Å². The summed E-state index contributed by atoms with van der Waals surface area (Å²) in [6, 6.07) is 0. The Bertz CT molecular complexity index is 627. The highest BCUT2D eigenvalue weighted by molar-refractivity contribution is 5.96. The number of benzene rings is 1. The third-order valence-corrected chi connectivity index (χ3v) is 4.10. The molecular formula is C15H19NO. The van der Waals surface area contributed by atoms with Crippen molar-refractivity contribution in [3.05, 3.63) is 33.5 Å². The molecule has 0 fully saturated rings. The number of hydrogen-bond donors (Lipinski definition) is 1. The summed E-state index contributed by atoms with van der Waals surface area (Å²) in [5.41, 5.74) is 7.01. The van der Waals surface area contributed by atoms with Crippen LogP contribution >= 0.6 is 0 Å². The van der Waals surface area contributed by atoms with Crippen molar-refractivity contribution >= 4 is 10.8 Å². The largest absolute Gasteiger partial charge is 0.493 e. The zero-order valence-corrected chi connectivity index (χ0v) is 11.4. The fourth-order valence-corrected chi connectivity index (χ4v) is 2.54. The molecule has 0 aliphatic heterocycles. The average molecular weight is 229 g/mol. The van der Waals surface area contributed by atoms with Crippen molar-refractivity contribution in [2.45, 2.75) is 41.5 Å². The van der Waals surface area contributed by atoms with Crippen LogP contribution in [0, 0.1) is 41.5 Å². The van der Waals surface area contributed by atoms with Gasteiger partial charge in [0.15, 0.2) is 0 Å². The topological polar surface area (TPSA) is 33.1 Å². The van der Waals surface area contributed by atoms with Crippen LogP contribution in [0.4, 0.5) is 0 Å². The van der Waals surface area contributed by atoms with Crippen molar-refractivity contribution in [2.24, 2.45) is 0 Å². The zero-order valence-electron chi connectivity index (χ0n) is 11.4. The summed E-state index contributed by atoms with van der Waals surface area (Å²) < 4.78 is 0. The summed E-state index contributed by atoms with van der Waals surface area (Å²) in [7, 11) is 0. The summed E-state index contributed by atoms with van der Waals surface area (Å²) in [5.74, 6) is 0.159. The molecule has 1 heterocycles. The molecule has 2 rings (SSSR count). The molecule has 1 aromatic heterocycles. The summed E-state index contributed by atoms with van der Waals surface area (Å²) >= 11 is 0. The first-order valence-corrected chi connectivity index (χ1v) is 5.92. The summed E-state index contributed by atoms with van der Waals surface area (Å²) in [6.07, 6.45) is 0. The summed E-state index contributed by atoms with van der Waals surface area (Å²) in [4.78, 5) is 4.23. The van der Waals surface area contributed by atoms with Crippen LogP contribution in [0.3, 0.4) is 0 Å². The van der Waals surface area contributed by atoms with Gasteiger partial charge in [0, 0.05) is 11.1 Å². The lowest BCUT2D eigenvalue weighted by Crippen LogP contribution is -1.99. The fourth-order valence-electron chi connectivity index (χ4n) is 2.54. The molecule has 0 aliphatic carbocycles. The first kappa shape index (κ1) is 11.9. The Morgan fingerprint density at radius 2 is 1.12 bits per heavy atom. The van der Waals surface area contributed by atoms with Gasteiger partial charge >= 0.3 is 0 Å². The van der Waals surface area contributed by atoms with Crippen molar-refractivity contribution in [3.63, 3.8) is 0 Å². The van der Waals surface area contributed by atoms with Crippen molar-refractivity contribution in [1.29, 1.82) is 0 Å². The van der Waals surface area contributed by atoms with E-state index in [4.69, 9.17) is 0 Å². The number of nitrogens with zero attached hydrogens (tertiary/aromatic N) is 1. The lowest BCUT2D eigenvalue weighted by molar-refractivity contribution is 0.458. The second kappa shape index (κ2) is 3.73. The van der Waals surface area contributed by atoms with E-state index < -0.39 is 0 Å².